The number of methoxy groups -OCH3 is 1. The minimum Gasteiger partial charge on any atom is -0.496 e. The highest BCUT2D eigenvalue weighted by molar-refractivity contribution is 6.00. The zero-order chi connectivity index (χ0) is 13.8. The Morgan fingerprint density at radius 3 is 2.47 bits per heavy atom. The monoisotopic (exact) mass is 258 g/mol. The average Bonchev–Trinajstić information content (AvgIpc) is 2.41. The number of halogens is 1. The molecular formula is C16H15FO2. The number of rotatable bonds is 4. The molecule has 0 saturated carbocycles. The summed E-state index contributed by atoms with van der Waals surface area (Å²) < 4.78 is 18.0. The Labute approximate surface area is 111 Å². The Morgan fingerprint density at radius 1 is 1.16 bits per heavy atom. The lowest BCUT2D eigenvalue weighted by Crippen LogP contribution is -2.06. The Kier molecular flexibility index (Phi) is 3.95. The van der Waals surface area contributed by atoms with E-state index in [0.29, 0.717) is 11.3 Å². The van der Waals surface area contributed by atoms with Crippen LogP contribution in [-0.2, 0) is 6.42 Å². The van der Waals surface area contributed by atoms with Crippen LogP contribution in [0.1, 0.15) is 21.5 Å². The molecule has 0 aliphatic heterocycles. The van der Waals surface area contributed by atoms with Crippen LogP contribution in [0.3, 0.4) is 0 Å². The summed E-state index contributed by atoms with van der Waals surface area (Å²) in [6.07, 6.45) is 0.236. The van der Waals surface area contributed by atoms with Gasteiger partial charge in [0.15, 0.2) is 5.78 Å². The molecule has 0 aliphatic carbocycles. The average molecular weight is 258 g/mol. The van der Waals surface area contributed by atoms with E-state index in [1.165, 1.54) is 12.1 Å². The number of hydrogen-bond acceptors (Lipinski definition) is 2. The molecule has 0 radical (unpaired) electrons. The molecule has 2 aromatic rings. The fraction of sp³-hybridized carbons (Fsp3) is 0.188. The topological polar surface area (TPSA) is 26.3 Å². The van der Waals surface area contributed by atoms with E-state index in [9.17, 15) is 9.18 Å². The molecule has 2 aromatic carbocycles. The maximum absolute atomic E-state index is 12.8. The predicted octanol–water partition coefficient (Wildman–Crippen LogP) is 3.57. The van der Waals surface area contributed by atoms with Crippen LogP contribution in [0.4, 0.5) is 4.39 Å². The van der Waals surface area contributed by atoms with Crippen LogP contribution in [0.15, 0.2) is 42.5 Å². The highest BCUT2D eigenvalue weighted by atomic mass is 19.1. The van der Waals surface area contributed by atoms with E-state index < -0.39 is 0 Å². The predicted molar refractivity (Wildman–Crippen MR) is 72.2 cm³/mol. The standard InChI is InChI=1S/C16H15FO2/c1-11-3-8-16(19-2)14(9-11)15(18)10-12-4-6-13(17)7-5-12/h3-9H,10H2,1-2H3. The highest BCUT2D eigenvalue weighted by Crippen LogP contribution is 2.21. The molecule has 2 nitrogen and oxygen atoms in total. The Bertz CT molecular complexity index is 588. The van der Waals surface area contributed by atoms with Crippen molar-refractivity contribution in [3.8, 4) is 5.75 Å². The Hall–Kier alpha value is -2.16. The van der Waals surface area contributed by atoms with E-state index in [-0.39, 0.29) is 18.0 Å². The zero-order valence-electron chi connectivity index (χ0n) is 10.9. The van der Waals surface area contributed by atoms with Gasteiger partial charge in [-0.25, -0.2) is 4.39 Å². The van der Waals surface area contributed by atoms with Crippen LogP contribution in [0.5, 0.6) is 5.75 Å². The van der Waals surface area contributed by atoms with Crippen LogP contribution in [0, 0.1) is 12.7 Å². The molecule has 0 fully saturated rings. The minimum absolute atomic E-state index is 0.0350. The Morgan fingerprint density at radius 2 is 1.84 bits per heavy atom. The molecule has 0 heterocycles. The van der Waals surface area contributed by atoms with Crippen molar-refractivity contribution in [1.82, 2.24) is 0 Å². The summed E-state index contributed by atoms with van der Waals surface area (Å²) in [7, 11) is 1.54. The first-order chi connectivity index (χ1) is 9.10. The van der Waals surface area contributed by atoms with E-state index in [4.69, 9.17) is 4.74 Å². The van der Waals surface area contributed by atoms with Gasteiger partial charge < -0.3 is 4.74 Å². The zero-order valence-corrected chi connectivity index (χ0v) is 10.9. The molecule has 3 heteroatoms. The molecule has 0 amide bonds. The first-order valence-corrected chi connectivity index (χ1v) is 6.02. The highest BCUT2D eigenvalue weighted by Gasteiger charge is 2.13. The first-order valence-electron chi connectivity index (χ1n) is 6.02. The number of carbonyl (C=O) groups excluding carboxylic acids is 1. The van der Waals surface area contributed by atoms with Gasteiger partial charge in [0.05, 0.1) is 12.7 Å². The second-order valence-electron chi connectivity index (χ2n) is 4.43. The lowest BCUT2D eigenvalue weighted by Gasteiger charge is -2.08. The lowest BCUT2D eigenvalue weighted by atomic mass is 10.0. The SMILES string of the molecule is COc1ccc(C)cc1C(=O)Cc1ccc(F)cc1. The van der Waals surface area contributed by atoms with Gasteiger partial charge in [-0.2, -0.15) is 0 Å². The number of Topliss-reactive ketones (excluding diaryl/α,β-unsaturated/α-hetero) is 1. The van der Waals surface area contributed by atoms with Gasteiger partial charge >= 0.3 is 0 Å². The third kappa shape index (κ3) is 3.19. The van der Waals surface area contributed by atoms with Crippen molar-refractivity contribution >= 4 is 5.78 Å². The van der Waals surface area contributed by atoms with Crippen molar-refractivity contribution in [1.29, 1.82) is 0 Å². The number of ketones is 1. The summed E-state index contributed by atoms with van der Waals surface area (Å²) >= 11 is 0. The van der Waals surface area contributed by atoms with Gasteiger partial charge in [-0.15, -0.1) is 0 Å². The maximum atomic E-state index is 12.8. The summed E-state index contributed by atoms with van der Waals surface area (Å²) in [6, 6.07) is 11.4. The van der Waals surface area contributed by atoms with Crippen LogP contribution < -0.4 is 4.74 Å². The molecule has 0 N–H and O–H groups in total. The molecule has 0 unspecified atom stereocenters. The van der Waals surface area contributed by atoms with Gasteiger partial charge in [0.2, 0.25) is 0 Å². The second kappa shape index (κ2) is 5.65. The van der Waals surface area contributed by atoms with Crippen LogP contribution in [0.2, 0.25) is 0 Å². The number of hydrogen-bond donors (Lipinski definition) is 0. The van der Waals surface area contributed by atoms with E-state index >= 15 is 0 Å². The fourth-order valence-corrected chi connectivity index (χ4v) is 1.92. The quantitative estimate of drug-likeness (QED) is 0.784. The largest absolute Gasteiger partial charge is 0.496 e. The maximum Gasteiger partial charge on any atom is 0.170 e. The third-order valence-electron chi connectivity index (χ3n) is 2.93. The summed E-state index contributed by atoms with van der Waals surface area (Å²) in [4.78, 5) is 12.3. The van der Waals surface area contributed by atoms with Gasteiger partial charge in [-0.05, 0) is 36.8 Å². The molecular weight excluding hydrogens is 243 g/mol. The minimum atomic E-state index is -0.302. The Balaban J connectivity index is 2.24. The van der Waals surface area contributed by atoms with Gasteiger partial charge in [0.1, 0.15) is 11.6 Å². The van der Waals surface area contributed by atoms with Gasteiger partial charge in [-0.1, -0.05) is 23.8 Å². The number of aryl methyl sites for hydroxylation is 1. The fourth-order valence-electron chi connectivity index (χ4n) is 1.92. The summed E-state index contributed by atoms with van der Waals surface area (Å²) in [5.74, 6) is 0.231. The van der Waals surface area contributed by atoms with E-state index in [2.05, 4.69) is 0 Å². The van der Waals surface area contributed by atoms with Crippen LogP contribution in [-0.4, -0.2) is 12.9 Å². The number of carbonyl (C=O) groups is 1. The first kappa shape index (κ1) is 13.3. The molecule has 0 saturated heterocycles. The van der Waals surface area contributed by atoms with Crippen LogP contribution >= 0.6 is 0 Å². The molecule has 0 atom stereocenters. The van der Waals surface area contributed by atoms with Crippen molar-refractivity contribution in [2.24, 2.45) is 0 Å². The molecule has 2 rings (SSSR count). The summed E-state index contributed by atoms with van der Waals surface area (Å²) in [5, 5.41) is 0. The van der Waals surface area contributed by atoms with Crippen molar-refractivity contribution < 1.29 is 13.9 Å². The van der Waals surface area contributed by atoms with Crippen molar-refractivity contribution in [2.75, 3.05) is 7.11 Å². The lowest BCUT2D eigenvalue weighted by molar-refractivity contribution is 0.0990. The van der Waals surface area contributed by atoms with E-state index in [0.717, 1.165) is 11.1 Å². The molecule has 19 heavy (non-hydrogen) atoms. The van der Waals surface area contributed by atoms with Gasteiger partial charge in [0, 0.05) is 6.42 Å². The molecule has 0 bridgehead atoms. The molecule has 0 aromatic heterocycles. The third-order valence-corrected chi connectivity index (χ3v) is 2.93. The summed E-state index contributed by atoms with van der Waals surface area (Å²) in [6.45, 7) is 1.92. The van der Waals surface area contributed by atoms with Crippen molar-refractivity contribution in [2.45, 2.75) is 13.3 Å². The van der Waals surface area contributed by atoms with Gasteiger partial charge in [0.25, 0.3) is 0 Å². The molecule has 0 aliphatic rings. The van der Waals surface area contributed by atoms with E-state index in [1.807, 2.05) is 19.1 Å². The smallest absolute Gasteiger partial charge is 0.170 e. The van der Waals surface area contributed by atoms with Crippen molar-refractivity contribution in [3.05, 3.63) is 65.0 Å². The molecule has 98 valence electrons. The van der Waals surface area contributed by atoms with Crippen LogP contribution in [0.25, 0.3) is 0 Å². The molecule has 0 spiro atoms. The van der Waals surface area contributed by atoms with Crippen molar-refractivity contribution in [3.63, 3.8) is 0 Å². The normalized spacial score (nSPS) is 10.3. The number of benzene rings is 2. The summed E-state index contributed by atoms with van der Waals surface area (Å²) in [5.41, 5.74) is 2.35. The van der Waals surface area contributed by atoms with Gasteiger partial charge in [-0.3, -0.25) is 4.79 Å². The van der Waals surface area contributed by atoms with E-state index in [1.54, 1.807) is 25.3 Å². The second-order valence-corrected chi connectivity index (χ2v) is 4.43. The number of ether oxygens (including phenoxy) is 1.